The molecule has 19 heavy (non-hydrogen) atoms. The van der Waals surface area contributed by atoms with Crippen molar-refractivity contribution in [3.05, 3.63) is 50.1 Å². The average molecular weight is 299 g/mol. The van der Waals surface area contributed by atoms with Crippen molar-refractivity contribution in [1.29, 1.82) is 0 Å². The molecule has 0 radical (unpaired) electrons. The first-order chi connectivity index (χ1) is 8.97. The number of hydrogen-bond donors (Lipinski definition) is 2. The van der Waals surface area contributed by atoms with Crippen molar-refractivity contribution in [1.82, 2.24) is 15.2 Å². The number of rotatable bonds is 2. The van der Waals surface area contributed by atoms with Gasteiger partial charge in [-0.05, 0) is 24.6 Å². The van der Waals surface area contributed by atoms with Crippen molar-refractivity contribution < 1.29 is 4.79 Å². The Morgan fingerprint density at radius 2 is 2.11 bits per heavy atom. The van der Waals surface area contributed by atoms with E-state index in [4.69, 9.17) is 23.2 Å². The van der Waals surface area contributed by atoms with E-state index in [9.17, 15) is 9.59 Å². The summed E-state index contributed by atoms with van der Waals surface area (Å²) in [7, 11) is 0. The van der Waals surface area contributed by atoms with Crippen LogP contribution >= 0.6 is 23.2 Å². The molecule has 1 amide bonds. The third kappa shape index (κ3) is 3.10. The molecule has 0 spiro atoms. The quantitative estimate of drug-likeness (QED) is 0.831. The highest BCUT2D eigenvalue weighted by Gasteiger charge is 2.13. The molecule has 0 saturated heterocycles. The second-order valence-electron chi connectivity index (χ2n) is 3.69. The number of carbonyl (C=O) groups excluding carboxylic acids is 1. The molecular weight excluding hydrogens is 291 g/mol. The minimum atomic E-state index is -0.509. The van der Waals surface area contributed by atoms with Gasteiger partial charge in [0.25, 0.3) is 11.5 Å². The molecule has 0 fully saturated rings. The topological polar surface area (TPSA) is 87.7 Å². The van der Waals surface area contributed by atoms with Gasteiger partial charge in [-0.3, -0.25) is 9.59 Å². The van der Waals surface area contributed by atoms with Crippen LogP contribution in [-0.2, 0) is 0 Å². The Balaban J connectivity index is 2.29. The zero-order valence-corrected chi connectivity index (χ0v) is 11.2. The standard InChI is InChI=1S/C11H8Cl2N4O2/c1-5-4-7(12)14-10(13)9(5)15-11(19)6-2-3-8(18)17-16-6/h2-4H,1H3,(H,15,19)(H,17,18). The Morgan fingerprint density at radius 3 is 2.68 bits per heavy atom. The highest BCUT2D eigenvalue weighted by Crippen LogP contribution is 2.26. The van der Waals surface area contributed by atoms with Crippen LogP contribution in [0.5, 0.6) is 0 Å². The van der Waals surface area contributed by atoms with Crippen LogP contribution in [0.1, 0.15) is 16.1 Å². The highest BCUT2D eigenvalue weighted by molar-refractivity contribution is 6.35. The van der Waals surface area contributed by atoms with Gasteiger partial charge in [0.1, 0.15) is 10.8 Å². The number of pyridine rings is 1. The largest absolute Gasteiger partial charge is 0.318 e. The molecule has 0 aliphatic rings. The van der Waals surface area contributed by atoms with Crippen molar-refractivity contribution in [3.8, 4) is 0 Å². The fourth-order valence-corrected chi connectivity index (χ4v) is 1.97. The van der Waals surface area contributed by atoms with Crippen molar-refractivity contribution >= 4 is 34.8 Å². The zero-order chi connectivity index (χ0) is 14.0. The molecule has 0 bridgehead atoms. The second-order valence-corrected chi connectivity index (χ2v) is 4.43. The molecule has 2 rings (SSSR count). The minimum Gasteiger partial charge on any atom is -0.318 e. The van der Waals surface area contributed by atoms with Crippen molar-refractivity contribution in [2.45, 2.75) is 6.92 Å². The average Bonchev–Trinajstić information content (AvgIpc) is 2.34. The van der Waals surface area contributed by atoms with Crippen LogP contribution in [-0.4, -0.2) is 21.1 Å². The van der Waals surface area contributed by atoms with E-state index in [0.29, 0.717) is 11.3 Å². The second kappa shape index (κ2) is 5.38. The number of H-pyrrole nitrogens is 1. The number of nitrogens with one attached hydrogen (secondary N) is 2. The van der Waals surface area contributed by atoms with Gasteiger partial charge in [-0.1, -0.05) is 23.2 Å². The highest BCUT2D eigenvalue weighted by atomic mass is 35.5. The molecule has 0 saturated carbocycles. The first-order valence-electron chi connectivity index (χ1n) is 5.17. The number of halogens is 2. The minimum absolute atomic E-state index is 0.0602. The van der Waals surface area contributed by atoms with Crippen LogP contribution in [0.25, 0.3) is 0 Å². The maximum absolute atomic E-state index is 11.9. The first kappa shape index (κ1) is 13.5. The van der Waals surface area contributed by atoms with Gasteiger partial charge < -0.3 is 5.32 Å². The molecule has 0 unspecified atom stereocenters. The molecule has 2 aromatic heterocycles. The van der Waals surface area contributed by atoms with Crippen LogP contribution in [0.15, 0.2) is 23.0 Å². The molecule has 8 heteroatoms. The number of nitrogens with zero attached hydrogens (tertiary/aromatic N) is 2. The fraction of sp³-hybridized carbons (Fsp3) is 0.0909. The van der Waals surface area contributed by atoms with Gasteiger partial charge in [0, 0.05) is 6.07 Å². The maximum Gasteiger partial charge on any atom is 0.276 e. The predicted molar refractivity (Wildman–Crippen MR) is 71.8 cm³/mol. The summed E-state index contributed by atoms with van der Waals surface area (Å²) in [5.74, 6) is -0.509. The van der Waals surface area contributed by atoms with E-state index in [-0.39, 0.29) is 21.6 Å². The van der Waals surface area contributed by atoms with Gasteiger partial charge in [0.05, 0.1) is 5.69 Å². The Labute approximate surface area is 117 Å². The summed E-state index contributed by atoms with van der Waals surface area (Å²) in [6.07, 6.45) is 0. The van der Waals surface area contributed by atoms with Gasteiger partial charge in [-0.2, -0.15) is 5.10 Å². The van der Waals surface area contributed by atoms with Crippen LogP contribution < -0.4 is 10.9 Å². The van der Waals surface area contributed by atoms with E-state index in [1.807, 2.05) is 0 Å². The molecule has 0 atom stereocenters. The number of aryl methyl sites for hydroxylation is 1. The molecule has 0 aromatic carbocycles. The summed E-state index contributed by atoms with van der Waals surface area (Å²) >= 11 is 11.6. The Morgan fingerprint density at radius 1 is 1.37 bits per heavy atom. The fourth-order valence-electron chi connectivity index (χ4n) is 1.39. The monoisotopic (exact) mass is 298 g/mol. The summed E-state index contributed by atoms with van der Waals surface area (Å²) in [6, 6.07) is 4.08. The first-order valence-corrected chi connectivity index (χ1v) is 5.92. The molecule has 0 aliphatic heterocycles. The van der Waals surface area contributed by atoms with Crippen LogP contribution in [0.2, 0.25) is 10.3 Å². The van der Waals surface area contributed by atoms with Crippen LogP contribution in [0.3, 0.4) is 0 Å². The van der Waals surface area contributed by atoms with Gasteiger partial charge in [0.15, 0.2) is 5.15 Å². The molecule has 2 aromatic rings. The Hall–Kier alpha value is -1.92. The molecule has 6 nitrogen and oxygen atoms in total. The van der Waals surface area contributed by atoms with Crippen LogP contribution in [0, 0.1) is 6.92 Å². The van der Waals surface area contributed by atoms with E-state index in [2.05, 4.69) is 20.5 Å². The number of aromatic nitrogens is 3. The Bertz CT molecular complexity index is 656. The Kier molecular flexibility index (Phi) is 3.82. The molecule has 2 heterocycles. The smallest absolute Gasteiger partial charge is 0.276 e. The molecule has 2 N–H and O–H groups in total. The van der Waals surface area contributed by atoms with Crippen molar-refractivity contribution in [2.24, 2.45) is 0 Å². The third-order valence-corrected chi connectivity index (χ3v) is 2.76. The third-order valence-electron chi connectivity index (χ3n) is 2.29. The van der Waals surface area contributed by atoms with E-state index in [1.165, 1.54) is 12.1 Å². The van der Waals surface area contributed by atoms with Crippen molar-refractivity contribution in [2.75, 3.05) is 5.32 Å². The number of anilines is 1. The summed E-state index contributed by atoms with van der Waals surface area (Å²) < 4.78 is 0. The van der Waals surface area contributed by atoms with E-state index in [1.54, 1.807) is 13.0 Å². The summed E-state index contributed by atoms with van der Waals surface area (Å²) in [5, 5.41) is 8.67. The predicted octanol–water partition coefficient (Wildman–Crippen LogP) is 2.03. The number of carbonyl (C=O) groups is 1. The van der Waals surface area contributed by atoms with Crippen LogP contribution in [0.4, 0.5) is 5.69 Å². The maximum atomic E-state index is 11.9. The lowest BCUT2D eigenvalue weighted by atomic mass is 10.2. The normalized spacial score (nSPS) is 10.3. The molecule has 0 aliphatic carbocycles. The van der Waals surface area contributed by atoms with Gasteiger partial charge >= 0.3 is 0 Å². The van der Waals surface area contributed by atoms with Crippen molar-refractivity contribution in [3.63, 3.8) is 0 Å². The molecule has 98 valence electrons. The van der Waals surface area contributed by atoms with Gasteiger partial charge in [0.2, 0.25) is 0 Å². The number of hydrogen-bond acceptors (Lipinski definition) is 4. The lowest BCUT2D eigenvalue weighted by Gasteiger charge is -2.09. The van der Waals surface area contributed by atoms with E-state index >= 15 is 0 Å². The van der Waals surface area contributed by atoms with Gasteiger partial charge in [-0.25, -0.2) is 10.1 Å². The lowest BCUT2D eigenvalue weighted by Crippen LogP contribution is -2.18. The van der Waals surface area contributed by atoms with E-state index < -0.39 is 5.91 Å². The van der Waals surface area contributed by atoms with E-state index in [0.717, 1.165) is 0 Å². The summed E-state index contributed by atoms with van der Waals surface area (Å²) in [6.45, 7) is 1.73. The number of amides is 1. The molecular formula is C11H8Cl2N4O2. The summed E-state index contributed by atoms with van der Waals surface area (Å²) in [4.78, 5) is 26.6. The summed E-state index contributed by atoms with van der Waals surface area (Å²) in [5.41, 5.74) is 0.691. The van der Waals surface area contributed by atoms with Gasteiger partial charge in [-0.15, -0.1) is 0 Å². The lowest BCUT2D eigenvalue weighted by molar-refractivity contribution is 0.102. The zero-order valence-electron chi connectivity index (χ0n) is 9.70. The SMILES string of the molecule is Cc1cc(Cl)nc(Cl)c1NC(=O)c1ccc(=O)[nH]n1. The number of aromatic amines is 1.